The van der Waals surface area contributed by atoms with Crippen molar-refractivity contribution in [1.29, 1.82) is 0 Å². The van der Waals surface area contributed by atoms with E-state index in [1.54, 1.807) is 17.8 Å². The Balaban J connectivity index is 1.70. The van der Waals surface area contributed by atoms with Crippen LogP contribution in [0, 0.1) is 0 Å². The molecule has 0 radical (unpaired) electrons. The summed E-state index contributed by atoms with van der Waals surface area (Å²) in [7, 11) is 0. The Kier molecular flexibility index (Phi) is 6.64. The smallest absolute Gasteiger partial charge is 0.317 e. The van der Waals surface area contributed by atoms with Crippen molar-refractivity contribution in [3.8, 4) is 0 Å². The molecule has 1 aromatic carbocycles. The summed E-state index contributed by atoms with van der Waals surface area (Å²) in [5, 5.41) is 10.2. The van der Waals surface area contributed by atoms with Crippen molar-refractivity contribution < 1.29 is 9.90 Å². The minimum atomic E-state index is -0.755. The minimum Gasteiger partial charge on any atom is -0.480 e. The molecule has 1 saturated heterocycles. The van der Waals surface area contributed by atoms with Gasteiger partial charge in [0.15, 0.2) is 0 Å². The van der Waals surface area contributed by atoms with Crippen molar-refractivity contribution in [2.75, 3.05) is 45.0 Å². The third-order valence-electron chi connectivity index (χ3n) is 3.38. The van der Waals surface area contributed by atoms with E-state index < -0.39 is 5.97 Å². The van der Waals surface area contributed by atoms with Gasteiger partial charge in [-0.1, -0.05) is 23.2 Å². The second-order valence-electron chi connectivity index (χ2n) is 4.93. The number of nitrogens with zero attached hydrogens (tertiary/aromatic N) is 2. The van der Waals surface area contributed by atoms with Crippen LogP contribution >= 0.6 is 35.0 Å². The number of rotatable bonds is 6. The van der Waals surface area contributed by atoms with Gasteiger partial charge in [0.2, 0.25) is 0 Å². The predicted octanol–water partition coefficient (Wildman–Crippen LogP) is 2.79. The highest BCUT2D eigenvalue weighted by Gasteiger charge is 2.18. The van der Waals surface area contributed by atoms with Crippen molar-refractivity contribution in [2.45, 2.75) is 4.90 Å². The maximum absolute atomic E-state index is 10.7. The first kappa shape index (κ1) is 16.9. The van der Waals surface area contributed by atoms with Gasteiger partial charge in [-0.15, -0.1) is 11.8 Å². The van der Waals surface area contributed by atoms with Gasteiger partial charge in [-0.2, -0.15) is 0 Å². The molecule has 0 spiro atoms. The van der Waals surface area contributed by atoms with Gasteiger partial charge in [-0.05, 0) is 18.2 Å². The number of carboxylic acid groups (broad SMARTS) is 1. The molecule has 0 unspecified atom stereocenters. The molecule has 0 bridgehead atoms. The van der Waals surface area contributed by atoms with E-state index >= 15 is 0 Å². The standard InChI is InChI=1S/C14H18Cl2N2O2S/c15-11-1-2-12(16)13(9-11)21-8-7-17-3-5-18(6-4-17)10-14(19)20/h1-2,9H,3-8,10H2,(H,19,20). The van der Waals surface area contributed by atoms with Gasteiger partial charge < -0.3 is 5.11 Å². The van der Waals surface area contributed by atoms with Crippen LogP contribution in [0.4, 0.5) is 0 Å². The molecule has 0 saturated carbocycles. The molecule has 1 aliphatic heterocycles. The number of halogens is 2. The Morgan fingerprint density at radius 2 is 1.86 bits per heavy atom. The van der Waals surface area contributed by atoms with Crippen LogP contribution in [0.15, 0.2) is 23.1 Å². The third-order valence-corrected chi connectivity index (χ3v) is 5.09. The first-order valence-corrected chi connectivity index (χ1v) is 8.53. The number of benzene rings is 1. The zero-order valence-electron chi connectivity index (χ0n) is 11.6. The normalized spacial score (nSPS) is 17.0. The van der Waals surface area contributed by atoms with E-state index in [1.165, 1.54) is 0 Å². The first-order valence-electron chi connectivity index (χ1n) is 6.79. The summed E-state index contributed by atoms with van der Waals surface area (Å²) in [5.41, 5.74) is 0. The number of carboxylic acids is 1. The van der Waals surface area contributed by atoms with Crippen molar-refractivity contribution in [2.24, 2.45) is 0 Å². The highest BCUT2D eigenvalue weighted by Crippen LogP contribution is 2.29. The van der Waals surface area contributed by atoms with Crippen molar-refractivity contribution >= 4 is 40.9 Å². The highest BCUT2D eigenvalue weighted by atomic mass is 35.5. The molecule has 0 atom stereocenters. The van der Waals surface area contributed by atoms with Crippen molar-refractivity contribution in [3.05, 3.63) is 28.2 Å². The van der Waals surface area contributed by atoms with Gasteiger partial charge >= 0.3 is 5.97 Å². The Bertz CT molecular complexity index is 494. The number of aliphatic carboxylic acids is 1. The number of piperazine rings is 1. The second kappa shape index (κ2) is 8.25. The number of carbonyl (C=O) groups is 1. The van der Waals surface area contributed by atoms with E-state index in [9.17, 15) is 4.79 Å². The average Bonchev–Trinajstić information content (AvgIpc) is 2.44. The van der Waals surface area contributed by atoms with Crippen molar-refractivity contribution in [3.63, 3.8) is 0 Å². The van der Waals surface area contributed by atoms with E-state index in [-0.39, 0.29) is 6.54 Å². The zero-order valence-corrected chi connectivity index (χ0v) is 13.9. The van der Waals surface area contributed by atoms with Gasteiger partial charge in [-0.3, -0.25) is 14.6 Å². The Hall–Kier alpha value is -0.460. The fourth-order valence-electron chi connectivity index (χ4n) is 2.23. The summed E-state index contributed by atoms with van der Waals surface area (Å²) in [5.74, 6) is 0.188. The van der Waals surface area contributed by atoms with E-state index in [4.69, 9.17) is 28.3 Å². The molecule has 1 aliphatic rings. The summed E-state index contributed by atoms with van der Waals surface area (Å²) in [6.07, 6.45) is 0. The maximum Gasteiger partial charge on any atom is 0.317 e. The maximum atomic E-state index is 10.7. The fraction of sp³-hybridized carbons (Fsp3) is 0.500. The fourth-order valence-corrected chi connectivity index (χ4v) is 3.74. The minimum absolute atomic E-state index is 0.140. The molecule has 0 aromatic heterocycles. The van der Waals surface area contributed by atoms with Crippen LogP contribution < -0.4 is 0 Å². The molecule has 7 heteroatoms. The van der Waals surface area contributed by atoms with Crippen LogP contribution in [-0.2, 0) is 4.79 Å². The van der Waals surface area contributed by atoms with Crippen LogP contribution in [0.3, 0.4) is 0 Å². The van der Waals surface area contributed by atoms with E-state index in [2.05, 4.69) is 4.90 Å². The van der Waals surface area contributed by atoms with Gasteiger partial charge in [0.05, 0.1) is 11.6 Å². The molecule has 1 aromatic rings. The number of thioether (sulfide) groups is 1. The summed E-state index contributed by atoms with van der Waals surface area (Å²) in [6.45, 7) is 4.56. The molecule has 2 rings (SSSR count). The Morgan fingerprint density at radius 3 is 2.52 bits per heavy atom. The molecule has 0 aliphatic carbocycles. The van der Waals surface area contributed by atoms with Gasteiger partial charge in [0.25, 0.3) is 0 Å². The summed E-state index contributed by atoms with van der Waals surface area (Å²) in [6, 6.07) is 5.49. The quantitative estimate of drug-likeness (QED) is 0.800. The Morgan fingerprint density at radius 1 is 1.19 bits per heavy atom. The largest absolute Gasteiger partial charge is 0.480 e. The molecular weight excluding hydrogens is 331 g/mol. The van der Waals surface area contributed by atoms with Crippen LogP contribution in [-0.4, -0.2) is 65.9 Å². The van der Waals surface area contributed by atoms with Gasteiger partial charge in [0.1, 0.15) is 0 Å². The zero-order chi connectivity index (χ0) is 15.2. The van der Waals surface area contributed by atoms with Crippen LogP contribution in [0.2, 0.25) is 10.0 Å². The predicted molar refractivity (Wildman–Crippen MR) is 87.7 cm³/mol. The molecule has 1 N–H and O–H groups in total. The summed E-state index contributed by atoms with van der Waals surface area (Å²) < 4.78 is 0. The number of hydrogen-bond acceptors (Lipinski definition) is 4. The van der Waals surface area contributed by atoms with Crippen LogP contribution in [0.25, 0.3) is 0 Å². The van der Waals surface area contributed by atoms with Gasteiger partial charge in [0, 0.05) is 48.4 Å². The monoisotopic (exact) mass is 348 g/mol. The molecule has 1 fully saturated rings. The topological polar surface area (TPSA) is 43.8 Å². The van der Waals surface area contributed by atoms with Crippen molar-refractivity contribution in [1.82, 2.24) is 9.80 Å². The summed E-state index contributed by atoms with van der Waals surface area (Å²) >= 11 is 13.8. The molecule has 4 nitrogen and oxygen atoms in total. The third kappa shape index (κ3) is 5.68. The molecule has 21 heavy (non-hydrogen) atoms. The lowest BCUT2D eigenvalue weighted by Crippen LogP contribution is -2.48. The lowest BCUT2D eigenvalue weighted by atomic mass is 10.3. The van der Waals surface area contributed by atoms with Crippen LogP contribution in [0.1, 0.15) is 0 Å². The average molecular weight is 349 g/mol. The molecule has 1 heterocycles. The van der Waals surface area contributed by atoms with Crippen LogP contribution in [0.5, 0.6) is 0 Å². The lowest BCUT2D eigenvalue weighted by Gasteiger charge is -2.33. The molecule has 0 amide bonds. The summed E-state index contributed by atoms with van der Waals surface area (Å²) in [4.78, 5) is 16.0. The molecular formula is C14H18Cl2N2O2S. The molecule has 116 valence electrons. The number of hydrogen-bond donors (Lipinski definition) is 1. The first-order chi connectivity index (χ1) is 10.0. The Labute approximate surface area is 139 Å². The second-order valence-corrected chi connectivity index (χ2v) is 6.92. The van der Waals surface area contributed by atoms with E-state index in [0.717, 1.165) is 48.4 Å². The van der Waals surface area contributed by atoms with Gasteiger partial charge in [-0.25, -0.2) is 0 Å². The lowest BCUT2D eigenvalue weighted by molar-refractivity contribution is -0.138. The van der Waals surface area contributed by atoms with E-state index in [0.29, 0.717) is 5.02 Å². The SMILES string of the molecule is O=C(O)CN1CCN(CCSc2cc(Cl)ccc2Cl)CC1. The van der Waals surface area contributed by atoms with E-state index in [1.807, 2.05) is 17.0 Å². The highest BCUT2D eigenvalue weighted by molar-refractivity contribution is 7.99.